The minimum Gasteiger partial charge on any atom is -0.370 e. The van der Waals surface area contributed by atoms with Crippen LogP contribution in [0.3, 0.4) is 0 Å². The Bertz CT molecular complexity index is 239. The van der Waals surface area contributed by atoms with Crippen molar-refractivity contribution >= 4 is 5.97 Å². The van der Waals surface area contributed by atoms with Crippen molar-refractivity contribution in [1.82, 2.24) is 0 Å². The van der Waals surface area contributed by atoms with E-state index in [1.807, 2.05) is 0 Å². The molecule has 0 aliphatic carbocycles. The molecule has 0 rings (SSSR count). The molecule has 66 valence electrons. The van der Waals surface area contributed by atoms with E-state index in [1.165, 1.54) is 0 Å². The molecule has 2 N–H and O–H groups in total. The SMILES string of the molecule is C=CC=CC(C)=C(C)C(=O)ON. The number of hydrogen-bond donors (Lipinski definition) is 1. The predicted octanol–water partition coefficient (Wildman–Crippen LogP) is 1.48. The van der Waals surface area contributed by atoms with Crippen molar-refractivity contribution in [2.24, 2.45) is 5.90 Å². The monoisotopic (exact) mass is 167 g/mol. The molecule has 0 bridgehead atoms. The van der Waals surface area contributed by atoms with Crippen LogP contribution in [0.4, 0.5) is 0 Å². The first-order valence-electron chi connectivity index (χ1n) is 3.51. The minimum atomic E-state index is -0.513. The van der Waals surface area contributed by atoms with Crippen LogP contribution < -0.4 is 5.90 Å². The number of hydrogen-bond acceptors (Lipinski definition) is 3. The van der Waals surface area contributed by atoms with Gasteiger partial charge < -0.3 is 4.84 Å². The summed E-state index contributed by atoms with van der Waals surface area (Å²) >= 11 is 0. The molecular formula is C9H13NO2. The van der Waals surface area contributed by atoms with Crippen molar-refractivity contribution in [3.05, 3.63) is 36.0 Å². The Balaban J connectivity index is 4.56. The number of nitrogens with two attached hydrogens (primary N) is 1. The molecule has 3 nitrogen and oxygen atoms in total. The van der Waals surface area contributed by atoms with Crippen molar-refractivity contribution in [3.8, 4) is 0 Å². The topological polar surface area (TPSA) is 52.3 Å². The summed E-state index contributed by atoms with van der Waals surface area (Å²) in [7, 11) is 0. The third-order valence-corrected chi connectivity index (χ3v) is 1.49. The highest BCUT2D eigenvalue weighted by Crippen LogP contribution is 2.05. The molecule has 0 unspecified atom stereocenters. The summed E-state index contributed by atoms with van der Waals surface area (Å²) < 4.78 is 0. The van der Waals surface area contributed by atoms with Gasteiger partial charge in [-0.15, -0.1) is 0 Å². The first-order valence-corrected chi connectivity index (χ1v) is 3.51. The lowest BCUT2D eigenvalue weighted by molar-refractivity contribution is -0.139. The number of allylic oxidation sites excluding steroid dienone is 4. The second kappa shape index (κ2) is 5.32. The molecule has 0 aromatic carbocycles. The van der Waals surface area contributed by atoms with Gasteiger partial charge in [0.1, 0.15) is 0 Å². The van der Waals surface area contributed by atoms with Crippen LogP contribution in [0.15, 0.2) is 36.0 Å². The second-order valence-electron chi connectivity index (χ2n) is 2.31. The third kappa shape index (κ3) is 3.16. The van der Waals surface area contributed by atoms with Gasteiger partial charge in [0, 0.05) is 5.57 Å². The van der Waals surface area contributed by atoms with E-state index in [4.69, 9.17) is 5.90 Å². The molecule has 0 heterocycles. The highest BCUT2D eigenvalue weighted by atomic mass is 16.7. The van der Waals surface area contributed by atoms with Crippen molar-refractivity contribution in [2.45, 2.75) is 13.8 Å². The highest BCUT2D eigenvalue weighted by Gasteiger charge is 2.05. The molecule has 0 aliphatic rings. The van der Waals surface area contributed by atoms with E-state index in [-0.39, 0.29) is 0 Å². The van der Waals surface area contributed by atoms with Crippen LogP contribution in [0.1, 0.15) is 13.8 Å². The molecule has 0 atom stereocenters. The molecule has 12 heavy (non-hydrogen) atoms. The van der Waals surface area contributed by atoms with Gasteiger partial charge in [0.25, 0.3) is 0 Å². The van der Waals surface area contributed by atoms with E-state index in [0.717, 1.165) is 5.57 Å². The molecule has 0 saturated carbocycles. The Morgan fingerprint density at radius 1 is 1.50 bits per heavy atom. The second-order valence-corrected chi connectivity index (χ2v) is 2.31. The van der Waals surface area contributed by atoms with Gasteiger partial charge in [0.15, 0.2) is 0 Å². The fraction of sp³-hybridized carbons (Fsp3) is 0.222. The van der Waals surface area contributed by atoms with Gasteiger partial charge in [-0.3, -0.25) is 0 Å². The van der Waals surface area contributed by atoms with E-state index in [2.05, 4.69) is 11.4 Å². The molecule has 0 aromatic heterocycles. The zero-order valence-electron chi connectivity index (χ0n) is 7.33. The quantitative estimate of drug-likeness (QED) is 0.393. The highest BCUT2D eigenvalue weighted by molar-refractivity contribution is 5.88. The summed E-state index contributed by atoms with van der Waals surface area (Å²) in [5, 5.41) is 0. The molecular weight excluding hydrogens is 154 g/mol. The van der Waals surface area contributed by atoms with Gasteiger partial charge in [0.05, 0.1) is 0 Å². The lowest BCUT2D eigenvalue weighted by Crippen LogP contribution is -2.11. The van der Waals surface area contributed by atoms with Crippen LogP contribution in [0, 0.1) is 0 Å². The number of carbonyl (C=O) groups excluding carboxylic acids is 1. The van der Waals surface area contributed by atoms with E-state index in [1.54, 1.807) is 32.1 Å². The van der Waals surface area contributed by atoms with Gasteiger partial charge >= 0.3 is 5.97 Å². The lowest BCUT2D eigenvalue weighted by atomic mass is 10.1. The van der Waals surface area contributed by atoms with Gasteiger partial charge in [0.2, 0.25) is 0 Å². The Hall–Kier alpha value is -1.35. The van der Waals surface area contributed by atoms with E-state index >= 15 is 0 Å². The maximum absolute atomic E-state index is 10.9. The zero-order chi connectivity index (χ0) is 9.56. The van der Waals surface area contributed by atoms with Gasteiger partial charge in [-0.1, -0.05) is 24.8 Å². The molecule has 3 heteroatoms. The van der Waals surface area contributed by atoms with Crippen molar-refractivity contribution in [3.63, 3.8) is 0 Å². The summed E-state index contributed by atoms with van der Waals surface area (Å²) in [4.78, 5) is 14.9. The largest absolute Gasteiger partial charge is 0.370 e. The maximum Gasteiger partial charge on any atom is 0.352 e. The van der Waals surface area contributed by atoms with E-state index < -0.39 is 5.97 Å². The molecule has 0 saturated heterocycles. The predicted molar refractivity (Wildman–Crippen MR) is 48.0 cm³/mol. The number of carbonyl (C=O) groups is 1. The standard InChI is InChI=1S/C9H13NO2/c1-4-5-6-7(2)8(3)9(11)12-10/h4-6H,1,10H2,2-3H3. The van der Waals surface area contributed by atoms with Gasteiger partial charge in [-0.2, -0.15) is 5.90 Å². The van der Waals surface area contributed by atoms with E-state index in [9.17, 15) is 4.79 Å². The normalized spacial score (nSPS) is 12.6. The van der Waals surface area contributed by atoms with Crippen molar-refractivity contribution in [1.29, 1.82) is 0 Å². The van der Waals surface area contributed by atoms with Crippen molar-refractivity contribution < 1.29 is 9.63 Å². The first-order chi connectivity index (χ1) is 5.63. The zero-order valence-corrected chi connectivity index (χ0v) is 7.33. The Labute approximate surface area is 72.2 Å². The molecule has 0 radical (unpaired) electrons. The van der Waals surface area contributed by atoms with Crippen molar-refractivity contribution in [2.75, 3.05) is 0 Å². The molecule has 0 spiro atoms. The number of rotatable bonds is 3. The summed E-state index contributed by atoms with van der Waals surface area (Å²) in [6.45, 7) is 6.96. The average molecular weight is 167 g/mol. The Kier molecular flexibility index (Phi) is 4.72. The van der Waals surface area contributed by atoms with Crippen LogP contribution in [-0.2, 0) is 9.63 Å². The fourth-order valence-corrected chi connectivity index (χ4v) is 0.587. The Morgan fingerprint density at radius 3 is 2.50 bits per heavy atom. The van der Waals surface area contributed by atoms with Crippen LogP contribution >= 0.6 is 0 Å². The summed E-state index contributed by atoms with van der Waals surface area (Å²) in [6.07, 6.45) is 5.13. The fourth-order valence-electron chi connectivity index (χ4n) is 0.587. The first kappa shape index (κ1) is 10.7. The van der Waals surface area contributed by atoms with Gasteiger partial charge in [-0.25, -0.2) is 4.79 Å². The van der Waals surface area contributed by atoms with E-state index in [0.29, 0.717) is 5.57 Å². The smallest absolute Gasteiger partial charge is 0.352 e. The maximum atomic E-state index is 10.9. The molecule has 0 aromatic rings. The van der Waals surface area contributed by atoms with Crippen LogP contribution in [0.2, 0.25) is 0 Å². The average Bonchev–Trinajstić information content (AvgIpc) is 2.11. The molecule has 0 aliphatic heterocycles. The summed E-state index contributed by atoms with van der Waals surface area (Å²) in [5.74, 6) is 4.20. The summed E-state index contributed by atoms with van der Waals surface area (Å²) in [6, 6.07) is 0. The Morgan fingerprint density at radius 2 is 2.08 bits per heavy atom. The summed E-state index contributed by atoms with van der Waals surface area (Å²) in [5.41, 5.74) is 1.31. The van der Waals surface area contributed by atoms with Crippen LogP contribution in [0.25, 0.3) is 0 Å². The molecule has 0 fully saturated rings. The lowest BCUT2D eigenvalue weighted by Gasteiger charge is -1.99. The third-order valence-electron chi connectivity index (χ3n) is 1.49. The van der Waals surface area contributed by atoms with Gasteiger partial charge in [-0.05, 0) is 19.4 Å². The van der Waals surface area contributed by atoms with Crippen LogP contribution in [-0.4, -0.2) is 5.97 Å². The molecule has 0 amide bonds. The minimum absolute atomic E-state index is 0.496. The van der Waals surface area contributed by atoms with Crippen LogP contribution in [0.5, 0.6) is 0 Å².